The Morgan fingerprint density at radius 2 is 2.07 bits per heavy atom. The first-order valence-electron chi connectivity index (χ1n) is 8.21. The van der Waals surface area contributed by atoms with E-state index >= 15 is 0 Å². The largest absolute Gasteiger partial charge is 0.493 e. The fourth-order valence-electron chi connectivity index (χ4n) is 2.90. The Labute approximate surface area is 166 Å². The predicted octanol–water partition coefficient (Wildman–Crippen LogP) is 4.61. The highest BCUT2D eigenvalue weighted by Gasteiger charge is 2.17. The predicted molar refractivity (Wildman–Crippen MR) is 109 cm³/mol. The number of nitrogens with zero attached hydrogens (tertiary/aromatic N) is 2. The van der Waals surface area contributed by atoms with E-state index < -0.39 is 5.91 Å². The molecule has 1 amide bonds. The number of carbonyl (C=O) groups is 1. The molecule has 1 aromatic heterocycles. The number of rotatable bonds is 5. The molecule has 140 valence electrons. The van der Waals surface area contributed by atoms with Crippen LogP contribution in [0, 0.1) is 6.92 Å². The van der Waals surface area contributed by atoms with Crippen LogP contribution in [0.1, 0.15) is 15.9 Å². The molecule has 0 fully saturated rings. The van der Waals surface area contributed by atoms with E-state index in [9.17, 15) is 4.79 Å². The highest BCUT2D eigenvalue weighted by molar-refractivity contribution is 7.16. The number of para-hydroxylation sites is 1. The summed E-state index contributed by atoms with van der Waals surface area (Å²) >= 11 is 7.71. The average Bonchev–Trinajstić information content (AvgIpc) is 3.02. The van der Waals surface area contributed by atoms with E-state index in [0.29, 0.717) is 33.4 Å². The van der Waals surface area contributed by atoms with Gasteiger partial charge in [-0.1, -0.05) is 35.1 Å². The first-order valence-corrected chi connectivity index (χ1v) is 9.40. The summed E-state index contributed by atoms with van der Waals surface area (Å²) in [6.07, 6.45) is 1.77. The Hall–Kier alpha value is -2.57. The maximum Gasteiger partial charge on any atom is 0.283 e. The van der Waals surface area contributed by atoms with E-state index in [4.69, 9.17) is 21.1 Å². The quantitative estimate of drug-likeness (QED) is 0.585. The Morgan fingerprint density at radius 1 is 1.30 bits per heavy atom. The Morgan fingerprint density at radius 3 is 2.74 bits per heavy atom. The van der Waals surface area contributed by atoms with Crippen LogP contribution in [-0.4, -0.2) is 24.7 Å². The second-order valence-corrected chi connectivity index (χ2v) is 7.18. The van der Waals surface area contributed by atoms with Crippen molar-refractivity contribution in [2.24, 2.45) is 4.99 Å². The topological polar surface area (TPSA) is 52.8 Å². The van der Waals surface area contributed by atoms with Crippen molar-refractivity contribution >= 4 is 39.1 Å². The van der Waals surface area contributed by atoms with Crippen LogP contribution in [0.5, 0.6) is 11.5 Å². The third-order valence-electron chi connectivity index (χ3n) is 4.17. The first kappa shape index (κ1) is 19.2. The summed E-state index contributed by atoms with van der Waals surface area (Å²) in [5.41, 5.74) is 2.24. The zero-order chi connectivity index (χ0) is 19.6. The summed E-state index contributed by atoms with van der Waals surface area (Å²) in [6.45, 7) is 6.28. The molecule has 0 aliphatic heterocycles. The number of ether oxygens (including phenoxy) is 2. The van der Waals surface area contributed by atoms with Gasteiger partial charge in [0.1, 0.15) is 0 Å². The minimum absolute atomic E-state index is 0.342. The summed E-state index contributed by atoms with van der Waals surface area (Å²) < 4.78 is 13.6. The molecule has 27 heavy (non-hydrogen) atoms. The molecule has 0 saturated heterocycles. The van der Waals surface area contributed by atoms with Crippen molar-refractivity contribution in [2.75, 3.05) is 14.2 Å². The standard InChI is InChI=1S/C20H19ClN2O3S/c1-5-11-23-17-12(2)14(21)9-10-16(17)27-20(23)22-19(24)13-7-6-8-15(25-3)18(13)26-4/h5-10H,1,11H2,2-4H3. The van der Waals surface area contributed by atoms with Gasteiger partial charge in [-0.2, -0.15) is 4.99 Å². The van der Waals surface area contributed by atoms with Gasteiger partial charge >= 0.3 is 0 Å². The van der Waals surface area contributed by atoms with Crippen molar-refractivity contribution in [2.45, 2.75) is 13.5 Å². The highest BCUT2D eigenvalue weighted by atomic mass is 35.5. The van der Waals surface area contributed by atoms with Crippen LogP contribution in [0.25, 0.3) is 10.2 Å². The number of hydrogen-bond acceptors (Lipinski definition) is 4. The van der Waals surface area contributed by atoms with E-state index in [1.54, 1.807) is 24.3 Å². The number of aromatic nitrogens is 1. The summed E-state index contributed by atoms with van der Waals surface area (Å²) in [4.78, 5) is 17.8. The Bertz CT molecular complexity index is 1100. The lowest BCUT2D eigenvalue weighted by Gasteiger charge is -2.10. The maximum absolute atomic E-state index is 12.9. The highest BCUT2D eigenvalue weighted by Crippen LogP contribution is 2.31. The smallest absolute Gasteiger partial charge is 0.283 e. The van der Waals surface area contributed by atoms with Crippen LogP contribution < -0.4 is 14.3 Å². The number of methoxy groups -OCH3 is 2. The molecule has 5 nitrogen and oxygen atoms in total. The number of amides is 1. The lowest BCUT2D eigenvalue weighted by molar-refractivity contribution is 0.0994. The van der Waals surface area contributed by atoms with Gasteiger partial charge in [0.15, 0.2) is 16.3 Å². The molecule has 3 rings (SSSR count). The molecule has 0 aliphatic carbocycles. The summed E-state index contributed by atoms with van der Waals surface area (Å²) in [7, 11) is 3.02. The van der Waals surface area contributed by atoms with Crippen molar-refractivity contribution < 1.29 is 14.3 Å². The van der Waals surface area contributed by atoms with Gasteiger partial charge < -0.3 is 14.0 Å². The molecule has 0 atom stereocenters. The molecule has 1 heterocycles. The molecule has 0 radical (unpaired) electrons. The van der Waals surface area contributed by atoms with Crippen LogP contribution in [0.15, 0.2) is 48.0 Å². The molecule has 2 aromatic carbocycles. The zero-order valence-corrected chi connectivity index (χ0v) is 16.9. The normalized spacial score (nSPS) is 11.6. The van der Waals surface area contributed by atoms with Gasteiger partial charge in [-0.05, 0) is 36.8 Å². The number of benzene rings is 2. The Kier molecular flexibility index (Phi) is 5.68. The van der Waals surface area contributed by atoms with Crippen molar-refractivity contribution in [3.05, 3.63) is 63.9 Å². The van der Waals surface area contributed by atoms with Crippen molar-refractivity contribution in [1.29, 1.82) is 0 Å². The fraction of sp³-hybridized carbons (Fsp3) is 0.200. The van der Waals surface area contributed by atoms with E-state index in [1.165, 1.54) is 25.6 Å². The van der Waals surface area contributed by atoms with Gasteiger partial charge in [0.2, 0.25) is 0 Å². The molecular formula is C20H19ClN2O3S. The number of halogens is 1. The lowest BCUT2D eigenvalue weighted by Crippen LogP contribution is -2.17. The molecule has 0 unspecified atom stereocenters. The van der Waals surface area contributed by atoms with Crippen LogP contribution in [0.3, 0.4) is 0 Å². The monoisotopic (exact) mass is 402 g/mol. The van der Waals surface area contributed by atoms with Gasteiger partial charge in [0.25, 0.3) is 5.91 Å². The minimum Gasteiger partial charge on any atom is -0.493 e. The zero-order valence-electron chi connectivity index (χ0n) is 15.3. The second kappa shape index (κ2) is 7.98. The van der Waals surface area contributed by atoms with Gasteiger partial charge in [-0.3, -0.25) is 4.79 Å². The number of hydrogen-bond donors (Lipinski definition) is 0. The number of allylic oxidation sites excluding steroid dienone is 1. The molecule has 0 N–H and O–H groups in total. The SMILES string of the molecule is C=CCn1c(=NC(=O)c2cccc(OC)c2OC)sc2ccc(Cl)c(C)c21. The number of aryl methyl sites for hydroxylation is 1. The van der Waals surface area contributed by atoms with Gasteiger partial charge in [-0.25, -0.2) is 0 Å². The summed E-state index contributed by atoms with van der Waals surface area (Å²) in [6, 6.07) is 8.92. The Balaban J connectivity index is 2.22. The number of thiazole rings is 1. The summed E-state index contributed by atoms with van der Waals surface area (Å²) in [5, 5.41) is 0.672. The maximum atomic E-state index is 12.9. The number of carbonyl (C=O) groups excluding carboxylic acids is 1. The van der Waals surface area contributed by atoms with Gasteiger partial charge in [0, 0.05) is 11.6 Å². The van der Waals surface area contributed by atoms with Crippen molar-refractivity contribution in [3.8, 4) is 11.5 Å². The fourth-order valence-corrected chi connectivity index (χ4v) is 4.15. The van der Waals surface area contributed by atoms with E-state index in [-0.39, 0.29) is 0 Å². The molecule has 0 saturated carbocycles. The van der Waals surface area contributed by atoms with Crippen LogP contribution in [0.4, 0.5) is 0 Å². The third kappa shape index (κ3) is 3.50. The molecule has 3 aromatic rings. The average molecular weight is 403 g/mol. The van der Waals surface area contributed by atoms with Crippen LogP contribution >= 0.6 is 22.9 Å². The summed E-state index contributed by atoms with van der Waals surface area (Å²) in [5.74, 6) is 0.444. The molecule has 0 aliphatic rings. The van der Waals surface area contributed by atoms with Gasteiger partial charge in [0.05, 0.1) is 30.0 Å². The molecule has 0 spiro atoms. The molecule has 7 heteroatoms. The van der Waals surface area contributed by atoms with Gasteiger partial charge in [-0.15, -0.1) is 6.58 Å². The van der Waals surface area contributed by atoms with E-state index in [1.807, 2.05) is 23.6 Å². The lowest BCUT2D eigenvalue weighted by atomic mass is 10.2. The van der Waals surface area contributed by atoms with E-state index in [0.717, 1.165) is 15.8 Å². The van der Waals surface area contributed by atoms with Crippen molar-refractivity contribution in [1.82, 2.24) is 4.57 Å². The minimum atomic E-state index is -0.404. The third-order valence-corrected chi connectivity index (χ3v) is 5.63. The molecule has 0 bridgehead atoms. The van der Waals surface area contributed by atoms with Crippen LogP contribution in [0.2, 0.25) is 5.02 Å². The first-order chi connectivity index (χ1) is 13.0. The molecular weight excluding hydrogens is 384 g/mol. The number of fused-ring (bicyclic) bond motifs is 1. The van der Waals surface area contributed by atoms with Crippen molar-refractivity contribution in [3.63, 3.8) is 0 Å². The second-order valence-electron chi connectivity index (χ2n) is 5.76. The van der Waals surface area contributed by atoms with E-state index in [2.05, 4.69) is 11.6 Å². The van der Waals surface area contributed by atoms with Crippen LogP contribution in [-0.2, 0) is 6.54 Å².